The van der Waals surface area contributed by atoms with Gasteiger partial charge in [-0.1, -0.05) is 56.3 Å². The lowest BCUT2D eigenvalue weighted by atomic mass is 9.97. The van der Waals surface area contributed by atoms with Crippen LogP contribution in [0.3, 0.4) is 0 Å². The van der Waals surface area contributed by atoms with E-state index in [1.807, 2.05) is 0 Å². The summed E-state index contributed by atoms with van der Waals surface area (Å²) in [5.41, 5.74) is 7.30. The molecule has 1 aliphatic heterocycles. The fourth-order valence-electron chi connectivity index (χ4n) is 5.26. The average Bonchev–Trinajstić information content (AvgIpc) is 3.10. The van der Waals surface area contributed by atoms with E-state index in [0.29, 0.717) is 11.1 Å². The molecule has 1 aliphatic rings. The molecule has 17 nitrogen and oxygen atoms in total. The molecule has 3 unspecified atom stereocenters. The fraction of sp³-hybridized carbons (Fsp3) is 0.500. The first-order valence-electron chi connectivity index (χ1n) is 16.5. The van der Waals surface area contributed by atoms with Crippen molar-refractivity contribution in [3.63, 3.8) is 0 Å². The van der Waals surface area contributed by atoms with E-state index in [2.05, 4.69) is 26.6 Å². The van der Waals surface area contributed by atoms with E-state index in [0.717, 1.165) is 0 Å². The molecule has 0 aromatic heterocycles. The summed E-state index contributed by atoms with van der Waals surface area (Å²) >= 11 is 0. The van der Waals surface area contributed by atoms with Gasteiger partial charge in [-0.2, -0.15) is 0 Å². The number of carbonyl (C=O) groups is 5. The van der Waals surface area contributed by atoms with Gasteiger partial charge in [0.2, 0.25) is 29.5 Å². The number of carbonyl (C=O) groups excluding carboxylic acids is 5. The maximum Gasteiger partial charge on any atom is 0.244 e. The van der Waals surface area contributed by atoms with E-state index >= 15 is 0 Å². The number of aliphatic hydroxyl groups excluding tert-OH is 4. The number of amides is 5. The van der Waals surface area contributed by atoms with Crippen LogP contribution in [-0.4, -0.2) is 124 Å². The van der Waals surface area contributed by atoms with Gasteiger partial charge in [-0.3, -0.25) is 24.0 Å². The van der Waals surface area contributed by atoms with Gasteiger partial charge in [0.15, 0.2) is 6.23 Å². The van der Waals surface area contributed by atoms with Gasteiger partial charge in [0, 0.05) is 6.42 Å². The van der Waals surface area contributed by atoms with Crippen molar-refractivity contribution in [3.8, 4) is 5.75 Å². The van der Waals surface area contributed by atoms with Gasteiger partial charge in [0.25, 0.3) is 0 Å². The van der Waals surface area contributed by atoms with Gasteiger partial charge in [-0.15, -0.1) is 0 Å². The number of phenols is 1. The van der Waals surface area contributed by atoms with Crippen LogP contribution in [-0.2, 0) is 41.6 Å². The normalized spacial score (nSPS) is 21.8. The molecule has 1 saturated heterocycles. The smallest absolute Gasteiger partial charge is 0.244 e. The molecule has 0 aliphatic carbocycles. The monoisotopic (exact) mass is 716 g/mol. The summed E-state index contributed by atoms with van der Waals surface area (Å²) in [4.78, 5) is 64.6. The summed E-state index contributed by atoms with van der Waals surface area (Å²) in [5.74, 6) is -3.60. The SMILES string of the molecule is CC(C)CC(NC(=O)C(Cc1ccccc1)NC(=O)CNC(=O)CNC(=O)C(N)Cc1ccc(O)cc1)C(=O)N[C@@H]1O[C@H](CO)[C@@H](O)[C@H](O)[C@H]1O. The highest BCUT2D eigenvalue weighted by molar-refractivity contribution is 5.94. The van der Waals surface area contributed by atoms with E-state index in [4.69, 9.17) is 10.5 Å². The Morgan fingerprint density at radius 3 is 2.00 bits per heavy atom. The number of hydrogen-bond donors (Lipinski definition) is 11. The number of nitrogens with one attached hydrogen (secondary N) is 5. The molecule has 17 heteroatoms. The Bertz CT molecular complexity index is 1460. The van der Waals surface area contributed by atoms with Crippen molar-refractivity contribution >= 4 is 29.5 Å². The van der Waals surface area contributed by atoms with Crippen LogP contribution in [0.25, 0.3) is 0 Å². The number of rotatable bonds is 17. The van der Waals surface area contributed by atoms with E-state index in [-0.39, 0.29) is 30.9 Å². The third kappa shape index (κ3) is 12.9. The minimum Gasteiger partial charge on any atom is -0.508 e. The van der Waals surface area contributed by atoms with Crippen molar-refractivity contribution in [2.75, 3.05) is 19.7 Å². The minimum absolute atomic E-state index is 0.0179. The Morgan fingerprint density at radius 1 is 0.745 bits per heavy atom. The van der Waals surface area contributed by atoms with Crippen LogP contribution < -0.4 is 32.3 Å². The summed E-state index contributed by atoms with van der Waals surface area (Å²) < 4.78 is 5.37. The highest BCUT2D eigenvalue weighted by Gasteiger charge is 2.44. The molecule has 0 bridgehead atoms. The van der Waals surface area contributed by atoms with Crippen LogP contribution in [0.4, 0.5) is 0 Å². The van der Waals surface area contributed by atoms with Crippen molar-refractivity contribution in [3.05, 3.63) is 65.7 Å². The van der Waals surface area contributed by atoms with Gasteiger partial charge in [-0.25, -0.2) is 0 Å². The number of hydrogen-bond acceptors (Lipinski definition) is 12. The van der Waals surface area contributed by atoms with Crippen molar-refractivity contribution in [2.45, 2.75) is 81.9 Å². The van der Waals surface area contributed by atoms with E-state index in [9.17, 15) is 49.5 Å². The number of ether oxygens (including phenoxy) is 1. The summed E-state index contributed by atoms with van der Waals surface area (Å²) in [6.07, 6.45) is -7.56. The molecule has 0 saturated carbocycles. The Labute approximate surface area is 294 Å². The zero-order chi connectivity index (χ0) is 37.7. The molecule has 1 heterocycles. The first-order chi connectivity index (χ1) is 24.2. The van der Waals surface area contributed by atoms with Crippen LogP contribution in [0, 0.1) is 5.92 Å². The second-order valence-electron chi connectivity index (χ2n) is 12.7. The van der Waals surface area contributed by atoms with Gasteiger partial charge in [0.1, 0.15) is 42.2 Å². The Hall–Kier alpha value is -4.65. The standard InChI is InChI=1S/C34H48N6O11/c1-18(2)12-23(33(50)40-34-30(47)29(46)28(45)25(17-41)51-34)39-32(49)24(14-19-6-4-3-5-7-19)38-27(44)16-36-26(43)15-37-31(48)22(35)13-20-8-10-21(42)11-9-20/h3-11,18,22-25,28-30,34,41-42,45-47H,12-17,35H2,1-2H3,(H,36,43)(H,37,48)(H,38,44)(H,39,49)(H,40,50)/t22?,23?,24?,25-,28-,29+,30-,34-/m1/s1. The van der Waals surface area contributed by atoms with Crippen molar-refractivity contribution < 1.29 is 54.2 Å². The van der Waals surface area contributed by atoms with Crippen LogP contribution in [0.1, 0.15) is 31.4 Å². The molecule has 0 spiro atoms. The van der Waals surface area contributed by atoms with Gasteiger partial charge in [-0.05, 0) is 42.0 Å². The topological polar surface area (TPSA) is 282 Å². The third-order valence-electron chi connectivity index (χ3n) is 8.05. The Morgan fingerprint density at radius 2 is 1.37 bits per heavy atom. The lowest BCUT2D eigenvalue weighted by molar-refractivity contribution is -0.236. The number of aromatic hydroxyl groups is 1. The predicted molar refractivity (Wildman–Crippen MR) is 181 cm³/mol. The summed E-state index contributed by atoms with van der Waals surface area (Å²) in [6, 6.07) is 11.5. The molecule has 0 radical (unpaired) electrons. The Balaban J connectivity index is 1.60. The van der Waals surface area contributed by atoms with Crippen LogP contribution >= 0.6 is 0 Å². The second kappa shape index (κ2) is 19.7. The van der Waals surface area contributed by atoms with E-state index < -0.39 is 98.0 Å². The molecular weight excluding hydrogens is 668 g/mol. The average molecular weight is 717 g/mol. The Kier molecular flexibility index (Phi) is 15.7. The first kappa shape index (κ1) is 40.8. The minimum atomic E-state index is -1.74. The van der Waals surface area contributed by atoms with E-state index in [1.54, 1.807) is 56.3 Å². The van der Waals surface area contributed by atoms with Gasteiger partial charge in [0.05, 0.1) is 25.7 Å². The molecule has 8 atom stereocenters. The lowest BCUT2D eigenvalue weighted by Crippen LogP contribution is -2.65. The van der Waals surface area contributed by atoms with Gasteiger partial charge >= 0.3 is 0 Å². The maximum atomic E-state index is 13.6. The van der Waals surface area contributed by atoms with Crippen molar-refractivity contribution in [1.82, 2.24) is 26.6 Å². The summed E-state index contributed by atoms with van der Waals surface area (Å²) in [6.45, 7) is 1.90. The fourth-order valence-corrected chi connectivity index (χ4v) is 5.26. The number of phenolic OH excluding ortho intramolecular Hbond substituents is 1. The predicted octanol–water partition coefficient (Wildman–Crippen LogP) is -3.33. The largest absolute Gasteiger partial charge is 0.508 e. The second-order valence-corrected chi connectivity index (χ2v) is 12.7. The third-order valence-corrected chi connectivity index (χ3v) is 8.05. The van der Waals surface area contributed by atoms with Crippen LogP contribution in [0.15, 0.2) is 54.6 Å². The van der Waals surface area contributed by atoms with Crippen LogP contribution in [0.5, 0.6) is 5.75 Å². The van der Waals surface area contributed by atoms with Crippen molar-refractivity contribution in [1.29, 1.82) is 0 Å². The first-order valence-corrected chi connectivity index (χ1v) is 16.5. The summed E-state index contributed by atoms with van der Waals surface area (Å²) in [7, 11) is 0. The molecule has 51 heavy (non-hydrogen) atoms. The number of aliphatic hydroxyl groups is 4. The molecule has 2 aromatic rings. The molecule has 3 rings (SSSR count). The molecule has 5 amide bonds. The molecular formula is C34H48N6O11. The zero-order valence-corrected chi connectivity index (χ0v) is 28.4. The highest BCUT2D eigenvalue weighted by Crippen LogP contribution is 2.20. The highest BCUT2D eigenvalue weighted by atomic mass is 16.6. The molecule has 12 N–H and O–H groups in total. The number of nitrogens with two attached hydrogens (primary N) is 1. The number of benzene rings is 2. The quantitative estimate of drug-likeness (QED) is 0.0767. The molecule has 280 valence electrons. The molecule has 1 fully saturated rings. The zero-order valence-electron chi connectivity index (χ0n) is 28.4. The summed E-state index contributed by atoms with van der Waals surface area (Å²) in [5, 5.41) is 61.8. The maximum absolute atomic E-state index is 13.6. The van der Waals surface area contributed by atoms with E-state index in [1.165, 1.54) is 12.1 Å². The van der Waals surface area contributed by atoms with Gasteiger partial charge < -0.3 is 62.6 Å². The van der Waals surface area contributed by atoms with Crippen molar-refractivity contribution in [2.24, 2.45) is 11.7 Å². The van der Waals surface area contributed by atoms with Crippen LogP contribution in [0.2, 0.25) is 0 Å². The lowest BCUT2D eigenvalue weighted by Gasteiger charge is -2.40. The molecule has 2 aromatic carbocycles.